The number of aliphatic carboxylic acids is 1. The largest absolute Gasteiger partial charge is 0.481 e. The van der Waals surface area contributed by atoms with Crippen LogP contribution < -0.4 is 10.2 Å². The molecule has 0 saturated heterocycles. The molecule has 2 N–H and O–H groups in total. The van der Waals surface area contributed by atoms with Gasteiger partial charge in [0.15, 0.2) is 0 Å². The average molecular weight is 278 g/mol. The molecule has 1 aromatic carbocycles. The van der Waals surface area contributed by atoms with Crippen LogP contribution in [0.1, 0.15) is 37.6 Å². The van der Waals surface area contributed by atoms with Crippen molar-refractivity contribution in [3.63, 3.8) is 0 Å². The minimum atomic E-state index is -0.922. The van der Waals surface area contributed by atoms with Crippen LogP contribution in [0, 0.1) is 0 Å². The lowest BCUT2D eigenvalue weighted by molar-refractivity contribution is -0.137. The molecule has 1 rings (SSSR count). The standard InChI is InChI=1S/C15H22N2O3/c1-4-17(5-2)13-8-6-12(7-9-13)15(20)16-11(3)10-14(18)19/h6-9,11H,4-5,10H2,1-3H3,(H,16,20)(H,18,19). The van der Waals surface area contributed by atoms with E-state index >= 15 is 0 Å². The van der Waals surface area contributed by atoms with Gasteiger partial charge in [0.05, 0.1) is 6.42 Å². The van der Waals surface area contributed by atoms with Gasteiger partial charge in [-0.3, -0.25) is 9.59 Å². The second-order valence-electron chi connectivity index (χ2n) is 4.69. The molecule has 1 aromatic rings. The fourth-order valence-electron chi connectivity index (χ4n) is 2.03. The van der Waals surface area contributed by atoms with Crippen molar-refractivity contribution in [2.45, 2.75) is 33.2 Å². The minimum Gasteiger partial charge on any atom is -0.481 e. The van der Waals surface area contributed by atoms with Crippen LogP contribution in [0.4, 0.5) is 5.69 Å². The van der Waals surface area contributed by atoms with E-state index in [1.54, 1.807) is 19.1 Å². The van der Waals surface area contributed by atoms with Crippen LogP contribution >= 0.6 is 0 Å². The first-order valence-corrected chi connectivity index (χ1v) is 6.85. The molecule has 110 valence electrons. The van der Waals surface area contributed by atoms with Crippen LogP contribution in [0.25, 0.3) is 0 Å². The number of nitrogens with zero attached hydrogens (tertiary/aromatic N) is 1. The van der Waals surface area contributed by atoms with E-state index in [1.165, 1.54) is 0 Å². The first kappa shape index (κ1) is 16.0. The number of carboxylic acids is 1. The van der Waals surface area contributed by atoms with Gasteiger partial charge in [0, 0.05) is 30.4 Å². The molecule has 1 atom stereocenters. The molecule has 0 heterocycles. The summed E-state index contributed by atoms with van der Waals surface area (Å²) in [7, 11) is 0. The lowest BCUT2D eigenvalue weighted by atomic mass is 10.1. The Labute approximate surface area is 119 Å². The van der Waals surface area contributed by atoms with Crippen molar-refractivity contribution in [3.05, 3.63) is 29.8 Å². The van der Waals surface area contributed by atoms with Crippen molar-refractivity contribution in [1.82, 2.24) is 5.32 Å². The predicted octanol–water partition coefficient (Wildman–Crippen LogP) is 2.13. The second kappa shape index (κ2) is 7.53. The highest BCUT2D eigenvalue weighted by atomic mass is 16.4. The van der Waals surface area contributed by atoms with Gasteiger partial charge in [-0.1, -0.05) is 0 Å². The highest BCUT2D eigenvalue weighted by molar-refractivity contribution is 5.94. The van der Waals surface area contributed by atoms with Crippen LogP contribution in [-0.2, 0) is 4.79 Å². The minimum absolute atomic E-state index is 0.0801. The van der Waals surface area contributed by atoms with Gasteiger partial charge in [-0.25, -0.2) is 0 Å². The second-order valence-corrected chi connectivity index (χ2v) is 4.69. The zero-order valence-electron chi connectivity index (χ0n) is 12.2. The van der Waals surface area contributed by atoms with Crippen molar-refractivity contribution >= 4 is 17.6 Å². The molecule has 20 heavy (non-hydrogen) atoms. The number of nitrogens with one attached hydrogen (secondary N) is 1. The summed E-state index contributed by atoms with van der Waals surface area (Å²) in [5.74, 6) is -1.17. The van der Waals surface area contributed by atoms with E-state index < -0.39 is 5.97 Å². The number of anilines is 1. The summed E-state index contributed by atoms with van der Waals surface area (Å²) in [5, 5.41) is 11.3. The maximum absolute atomic E-state index is 11.9. The van der Waals surface area contributed by atoms with Gasteiger partial charge in [0.1, 0.15) is 0 Å². The lowest BCUT2D eigenvalue weighted by Gasteiger charge is -2.21. The quantitative estimate of drug-likeness (QED) is 0.801. The molecule has 0 aromatic heterocycles. The number of carbonyl (C=O) groups excluding carboxylic acids is 1. The summed E-state index contributed by atoms with van der Waals surface area (Å²) in [4.78, 5) is 24.7. The van der Waals surface area contributed by atoms with E-state index in [0.717, 1.165) is 18.8 Å². The van der Waals surface area contributed by atoms with E-state index in [-0.39, 0.29) is 18.4 Å². The van der Waals surface area contributed by atoms with E-state index in [1.807, 2.05) is 12.1 Å². The van der Waals surface area contributed by atoms with Gasteiger partial charge in [-0.2, -0.15) is 0 Å². The van der Waals surface area contributed by atoms with Gasteiger partial charge in [-0.15, -0.1) is 0 Å². The predicted molar refractivity (Wildman–Crippen MR) is 79.2 cm³/mol. The molecule has 0 saturated carbocycles. The molecule has 0 fully saturated rings. The SMILES string of the molecule is CCN(CC)c1ccc(C(=O)NC(C)CC(=O)O)cc1. The highest BCUT2D eigenvalue weighted by Crippen LogP contribution is 2.15. The van der Waals surface area contributed by atoms with Crippen molar-refractivity contribution in [2.75, 3.05) is 18.0 Å². The Morgan fingerprint density at radius 3 is 2.20 bits per heavy atom. The summed E-state index contributed by atoms with van der Waals surface area (Å²) in [6.45, 7) is 7.67. The summed E-state index contributed by atoms with van der Waals surface area (Å²) in [6, 6.07) is 6.95. The van der Waals surface area contributed by atoms with Crippen LogP contribution in [-0.4, -0.2) is 36.1 Å². The Hall–Kier alpha value is -2.04. The van der Waals surface area contributed by atoms with E-state index in [9.17, 15) is 9.59 Å². The zero-order chi connectivity index (χ0) is 15.1. The number of hydrogen-bond acceptors (Lipinski definition) is 3. The van der Waals surface area contributed by atoms with Crippen LogP contribution in [0.2, 0.25) is 0 Å². The molecule has 0 aliphatic heterocycles. The zero-order valence-corrected chi connectivity index (χ0v) is 12.2. The Morgan fingerprint density at radius 2 is 1.75 bits per heavy atom. The molecule has 0 bridgehead atoms. The number of rotatable bonds is 7. The first-order valence-electron chi connectivity index (χ1n) is 6.85. The van der Waals surface area contributed by atoms with Crippen molar-refractivity contribution < 1.29 is 14.7 Å². The molecule has 0 spiro atoms. The lowest BCUT2D eigenvalue weighted by Crippen LogP contribution is -2.34. The van der Waals surface area contributed by atoms with Crippen LogP contribution in [0.5, 0.6) is 0 Å². The molecule has 5 heteroatoms. The molecule has 0 aliphatic carbocycles. The molecular formula is C15H22N2O3. The molecule has 5 nitrogen and oxygen atoms in total. The molecule has 0 radical (unpaired) electrons. The fourth-order valence-corrected chi connectivity index (χ4v) is 2.03. The molecule has 1 amide bonds. The third-order valence-corrected chi connectivity index (χ3v) is 3.12. The van der Waals surface area contributed by atoms with E-state index in [0.29, 0.717) is 5.56 Å². The topological polar surface area (TPSA) is 69.6 Å². The third kappa shape index (κ3) is 4.57. The van der Waals surface area contributed by atoms with E-state index in [4.69, 9.17) is 5.11 Å². The molecule has 1 unspecified atom stereocenters. The summed E-state index contributed by atoms with van der Waals surface area (Å²) in [5.41, 5.74) is 1.61. The number of amides is 1. The Bertz CT molecular complexity index is 453. The maximum atomic E-state index is 11.9. The molecule has 0 aliphatic rings. The summed E-state index contributed by atoms with van der Waals surface area (Å²) < 4.78 is 0. The molecular weight excluding hydrogens is 256 g/mol. The van der Waals surface area contributed by atoms with Crippen LogP contribution in [0.15, 0.2) is 24.3 Å². The average Bonchev–Trinajstić information content (AvgIpc) is 2.39. The van der Waals surface area contributed by atoms with Gasteiger partial charge in [0.2, 0.25) is 0 Å². The van der Waals surface area contributed by atoms with Crippen molar-refractivity contribution in [2.24, 2.45) is 0 Å². The van der Waals surface area contributed by atoms with Crippen molar-refractivity contribution in [1.29, 1.82) is 0 Å². The number of carbonyl (C=O) groups is 2. The van der Waals surface area contributed by atoms with Crippen LogP contribution in [0.3, 0.4) is 0 Å². The maximum Gasteiger partial charge on any atom is 0.305 e. The Morgan fingerprint density at radius 1 is 1.20 bits per heavy atom. The van der Waals surface area contributed by atoms with Gasteiger partial charge < -0.3 is 15.3 Å². The third-order valence-electron chi connectivity index (χ3n) is 3.12. The number of hydrogen-bond donors (Lipinski definition) is 2. The van der Waals surface area contributed by atoms with Gasteiger partial charge in [0.25, 0.3) is 5.91 Å². The van der Waals surface area contributed by atoms with Gasteiger partial charge >= 0.3 is 5.97 Å². The van der Waals surface area contributed by atoms with Gasteiger partial charge in [-0.05, 0) is 45.0 Å². The highest BCUT2D eigenvalue weighted by Gasteiger charge is 2.12. The fraction of sp³-hybridized carbons (Fsp3) is 0.467. The van der Waals surface area contributed by atoms with Crippen molar-refractivity contribution in [3.8, 4) is 0 Å². The number of carboxylic acid groups (broad SMARTS) is 1. The van der Waals surface area contributed by atoms with E-state index in [2.05, 4.69) is 24.1 Å². The Kier molecular flexibility index (Phi) is 6.03. The first-order chi connectivity index (χ1) is 9.47. The monoisotopic (exact) mass is 278 g/mol. The summed E-state index contributed by atoms with van der Waals surface area (Å²) >= 11 is 0. The Balaban J connectivity index is 2.68. The normalized spacial score (nSPS) is 11.8. The summed E-state index contributed by atoms with van der Waals surface area (Å²) in [6.07, 6.45) is -0.0801. The smallest absolute Gasteiger partial charge is 0.305 e. The number of benzene rings is 1.